The SMILES string of the molecule is CC(CC(=O)Nc1ccccc1C(=O)NC(C)(C)C)C1CCNCC1.Cl. The van der Waals surface area contributed by atoms with E-state index in [2.05, 4.69) is 22.9 Å². The van der Waals surface area contributed by atoms with Gasteiger partial charge in [-0.3, -0.25) is 9.59 Å². The molecular formula is C20H32ClN3O2. The van der Waals surface area contributed by atoms with Gasteiger partial charge >= 0.3 is 0 Å². The van der Waals surface area contributed by atoms with Gasteiger partial charge in [0.25, 0.3) is 5.91 Å². The first-order valence-electron chi connectivity index (χ1n) is 9.18. The molecule has 2 rings (SSSR count). The van der Waals surface area contributed by atoms with E-state index >= 15 is 0 Å². The average Bonchev–Trinajstić information content (AvgIpc) is 2.54. The molecule has 0 radical (unpaired) electrons. The molecule has 26 heavy (non-hydrogen) atoms. The Morgan fingerprint density at radius 3 is 2.42 bits per heavy atom. The molecule has 1 unspecified atom stereocenters. The lowest BCUT2D eigenvalue weighted by atomic mass is 9.84. The summed E-state index contributed by atoms with van der Waals surface area (Å²) in [5.41, 5.74) is 0.754. The number of anilines is 1. The Morgan fingerprint density at radius 2 is 1.81 bits per heavy atom. The zero-order valence-corrected chi connectivity index (χ0v) is 17.0. The minimum Gasteiger partial charge on any atom is -0.347 e. The molecule has 1 atom stereocenters. The minimum atomic E-state index is -0.322. The van der Waals surface area contributed by atoms with E-state index in [1.54, 1.807) is 12.1 Å². The topological polar surface area (TPSA) is 70.2 Å². The molecule has 1 fully saturated rings. The van der Waals surface area contributed by atoms with Gasteiger partial charge in [0.2, 0.25) is 5.91 Å². The molecule has 5 nitrogen and oxygen atoms in total. The Balaban J connectivity index is 0.00000338. The van der Waals surface area contributed by atoms with Gasteiger partial charge in [-0.05, 0) is 70.7 Å². The van der Waals surface area contributed by atoms with Crippen LogP contribution in [-0.4, -0.2) is 30.4 Å². The normalized spacial score (nSPS) is 16.3. The third kappa shape index (κ3) is 6.96. The van der Waals surface area contributed by atoms with Crippen LogP contribution in [0.2, 0.25) is 0 Å². The fourth-order valence-electron chi connectivity index (χ4n) is 3.27. The number of hydrogen-bond donors (Lipinski definition) is 3. The molecule has 1 saturated heterocycles. The zero-order chi connectivity index (χ0) is 18.4. The zero-order valence-electron chi connectivity index (χ0n) is 16.2. The van der Waals surface area contributed by atoms with Crippen LogP contribution in [0.5, 0.6) is 0 Å². The van der Waals surface area contributed by atoms with Crippen LogP contribution in [0.1, 0.15) is 57.3 Å². The maximum absolute atomic E-state index is 12.5. The van der Waals surface area contributed by atoms with Crippen molar-refractivity contribution in [2.45, 2.75) is 52.5 Å². The molecule has 1 aliphatic rings. The molecule has 146 valence electrons. The van der Waals surface area contributed by atoms with Gasteiger partial charge in [0.15, 0.2) is 0 Å². The molecule has 1 aromatic carbocycles. The van der Waals surface area contributed by atoms with E-state index in [0.29, 0.717) is 29.5 Å². The van der Waals surface area contributed by atoms with Crippen LogP contribution in [0.15, 0.2) is 24.3 Å². The second-order valence-electron chi connectivity index (χ2n) is 8.07. The molecule has 6 heteroatoms. The highest BCUT2D eigenvalue weighted by Crippen LogP contribution is 2.25. The first kappa shape index (κ1) is 22.5. The van der Waals surface area contributed by atoms with Crippen molar-refractivity contribution in [1.29, 1.82) is 0 Å². The van der Waals surface area contributed by atoms with E-state index in [1.807, 2.05) is 32.9 Å². The standard InChI is InChI=1S/C20H31N3O2.ClH/c1-14(15-9-11-21-12-10-15)13-18(24)22-17-8-6-5-7-16(17)19(25)23-20(2,3)4;/h5-8,14-15,21H,9-13H2,1-4H3,(H,22,24)(H,23,25);1H. The number of amides is 2. The van der Waals surface area contributed by atoms with E-state index < -0.39 is 0 Å². The molecule has 1 aliphatic heterocycles. The molecule has 0 bridgehead atoms. The van der Waals surface area contributed by atoms with Crippen molar-refractivity contribution in [2.75, 3.05) is 18.4 Å². The van der Waals surface area contributed by atoms with Crippen LogP contribution in [0.3, 0.4) is 0 Å². The first-order chi connectivity index (χ1) is 11.8. The summed E-state index contributed by atoms with van der Waals surface area (Å²) in [4.78, 5) is 24.9. The Kier molecular flexibility index (Phi) is 8.57. The molecular weight excluding hydrogens is 350 g/mol. The number of carbonyl (C=O) groups excluding carboxylic acids is 2. The number of benzene rings is 1. The second kappa shape index (κ2) is 9.93. The number of piperidine rings is 1. The Hall–Kier alpha value is -1.59. The molecule has 3 N–H and O–H groups in total. The quantitative estimate of drug-likeness (QED) is 0.729. The highest BCUT2D eigenvalue weighted by molar-refractivity contribution is 6.04. The van der Waals surface area contributed by atoms with Crippen molar-refractivity contribution in [2.24, 2.45) is 11.8 Å². The molecule has 0 aromatic heterocycles. The summed E-state index contributed by atoms with van der Waals surface area (Å²) in [5.74, 6) is 0.737. The fourth-order valence-corrected chi connectivity index (χ4v) is 3.27. The molecule has 1 heterocycles. The van der Waals surface area contributed by atoms with Gasteiger partial charge in [-0.25, -0.2) is 0 Å². The van der Waals surface area contributed by atoms with Gasteiger partial charge in [-0.1, -0.05) is 19.1 Å². The van der Waals surface area contributed by atoms with E-state index in [-0.39, 0.29) is 29.8 Å². The van der Waals surface area contributed by atoms with Crippen molar-refractivity contribution in [3.8, 4) is 0 Å². The van der Waals surface area contributed by atoms with Crippen LogP contribution in [0, 0.1) is 11.8 Å². The molecule has 2 amide bonds. The third-order valence-electron chi connectivity index (χ3n) is 4.63. The predicted molar refractivity (Wildman–Crippen MR) is 109 cm³/mol. The van der Waals surface area contributed by atoms with E-state index in [9.17, 15) is 9.59 Å². The summed E-state index contributed by atoms with van der Waals surface area (Å²) in [5, 5.41) is 9.23. The van der Waals surface area contributed by atoms with Crippen molar-refractivity contribution in [3.63, 3.8) is 0 Å². The molecule has 1 aromatic rings. The summed E-state index contributed by atoms with van der Waals surface area (Å²) < 4.78 is 0. The van der Waals surface area contributed by atoms with Crippen molar-refractivity contribution in [1.82, 2.24) is 10.6 Å². The minimum absolute atomic E-state index is 0. The van der Waals surface area contributed by atoms with Crippen LogP contribution in [0.25, 0.3) is 0 Å². The molecule has 0 aliphatic carbocycles. The van der Waals surface area contributed by atoms with Gasteiger partial charge in [0.1, 0.15) is 0 Å². The average molecular weight is 382 g/mol. The number of rotatable bonds is 5. The lowest BCUT2D eigenvalue weighted by Gasteiger charge is -2.28. The Morgan fingerprint density at radius 1 is 1.19 bits per heavy atom. The smallest absolute Gasteiger partial charge is 0.253 e. The number of nitrogens with one attached hydrogen (secondary N) is 3. The Labute approximate surface area is 163 Å². The maximum Gasteiger partial charge on any atom is 0.253 e. The largest absolute Gasteiger partial charge is 0.347 e. The molecule has 0 saturated carbocycles. The monoisotopic (exact) mass is 381 g/mol. The van der Waals surface area contributed by atoms with Gasteiger partial charge in [0, 0.05) is 12.0 Å². The van der Waals surface area contributed by atoms with Crippen LogP contribution in [0.4, 0.5) is 5.69 Å². The lowest BCUT2D eigenvalue weighted by molar-refractivity contribution is -0.117. The summed E-state index contributed by atoms with van der Waals surface area (Å²) in [6.07, 6.45) is 2.73. The van der Waals surface area contributed by atoms with E-state index in [1.165, 1.54) is 0 Å². The number of halogens is 1. The van der Waals surface area contributed by atoms with Crippen LogP contribution >= 0.6 is 12.4 Å². The number of para-hydroxylation sites is 1. The van der Waals surface area contributed by atoms with Crippen LogP contribution < -0.4 is 16.0 Å². The highest BCUT2D eigenvalue weighted by atomic mass is 35.5. The van der Waals surface area contributed by atoms with Crippen molar-refractivity contribution in [3.05, 3.63) is 29.8 Å². The predicted octanol–water partition coefficient (Wildman–Crippen LogP) is 3.60. The fraction of sp³-hybridized carbons (Fsp3) is 0.600. The number of hydrogen-bond acceptors (Lipinski definition) is 3. The van der Waals surface area contributed by atoms with Crippen molar-refractivity contribution < 1.29 is 9.59 Å². The Bertz CT molecular complexity index is 607. The van der Waals surface area contributed by atoms with E-state index in [4.69, 9.17) is 0 Å². The lowest BCUT2D eigenvalue weighted by Crippen LogP contribution is -2.40. The summed E-state index contributed by atoms with van der Waals surface area (Å²) >= 11 is 0. The molecule has 0 spiro atoms. The summed E-state index contributed by atoms with van der Waals surface area (Å²) in [7, 11) is 0. The number of carbonyl (C=O) groups is 2. The van der Waals surface area contributed by atoms with Gasteiger partial charge in [0.05, 0.1) is 11.3 Å². The highest BCUT2D eigenvalue weighted by Gasteiger charge is 2.23. The van der Waals surface area contributed by atoms with Gasteiger partial charge < -0.3 is 16.0 Å². The van der Waals surface area contributed by atoms with Crippen LogP contribution in [-0.2, 0) is 4.79 Å². The van der Waals surface area contributed by atoms with Gasteiger partial charge in [-0.15, -0.1) is 12.4 Å². The first-order valence-corrected chi connectivity index (χ1v) is 9.18. The van der Waals surface area contributed by atoms with E-state index in [0.717, 1.165) is 25.9 Å². The second-order valence-corrected chi connectivity index (χ2v) is 8.07. The summed E-state index contributed by atoms with van der Waals surface area (Å²) in [6, 6.07) is 7.17. The summed E-state index contributed by atoms with van der Waals surface area (Å²) in [6.45, 7) is 10.0. The van der Waals surface area contributed by atoms with Crippen molar-refractivity contribution >= 4 is 29.9 Å². The third-order valence-corrected chi connectivity index (χ3v) is 4.63. The maximum atomic E-state index is 12.5. The van der Waals surface area contributed by atoms with Gasteiger partial charge in [-0.2, -0.15) is 0 Å².